The van der Waals surface area contributed by atoms with E-state index >= 15 is 0 Å². The number of rotatable bonds is 8. The van der Waals surface area contributed by atoms with Crippen molar-refractivity contribution in [3.8, 4) is 11.5 Å². The molecule has 1 saturated heterocycles. The molecule has 9 heteroatoms. The molecule has 1 aliphatic carbocycles. The molecule has 1 saturated carbocycles. The number of phenolic OH excluding ortho intramolecular Hbond substituents is 2. The van der Waals surface area contributed by atoms with Gasteiger partial charge in [-0.15, -0.1) is 0 Å². The number of aliphatic hydroxyl groups excluding tert-OH is 5. The zero-order chi connectivity index (χ0) is 24.3. The monoisotopic (exact) mass is 470 g/mol. The summed E-state index contributed by atoms with van der Waals surface area (Å²) in [6.07, 6.45) is -4.13. The van der Waals surface area contributed by atoms with E-state index in [0.717, 1.165) is 18.4 Å². The largest absolute Gasteiger partial charge is 0.504 e. The van der Waals surface area contributed by atoms with Crippen LogP contribution in [0.4, 0.5) is 0 Å². The maximum atomic E-state index is 11.0. The highest BCUT2D eigenvalue weighted by molar-refractivity contribution is 5.40. The van der Waals surface area contributed by atoms with Crippen molar-refractivity contribution in [2.45, 2.75) is 94.8 Å². The number of aryl methyl sites for hydroxylation is 1. The topological polar surface area (TPSA) is 160 Å². The van der Waals surface area contributed by atoms with Gasteiger partial charge >= 0.3 is 0 Å². The first-order chi connectivity index (χ1) is 15.6. The third-order valence-corrected chi connectivity index (χ3v) is 7.20. The Morgan fingerprint density at radius 1 is 0.909 bits per heavy atom. The molecule has 3 rings (SSSR count). The summed E-state index contributed by atoms with van der Waals surface area (Å²) in [4.78, 5) is 0. The Labute approximate surface area is 194 Å². The van der Waals surface area contributed by atoms with Crippen LogP contribution < -0.4 is 0 Å². The van der Waals surface area contributed by atoms with Crippen molar-refractivity contribution in [2.75, 3.05) is 6.61 Å². The Bertz CT molecular complexity index is 759. The molecule has 0 radical (unpaired) electrons. The molecule has 33 heavy (non-hydrogen) atoms. The lowest BCUT2D eigenvalue weighted by Crippen LogP contribution is -2.60. The van der Waals surface area contributed by atoms with E-state index in [-0.39, 0.29) is 29.9 Å². The molecule has 0 aromatic heterocycles. The van der Waals surface area contributed by atoms with Crippen LogP contribution in [0, 0.1) is 11.8 Å². The predicted octanol–water partition coefficient (Wildman–Crippen LogP) is 0.444. The summed E-state index contributed by atoms with van der Waals surface area (Å²) in [7, 11) is 0. The number of phenols is 2. The van der Waals surface area contributed by atoms with E-state index in [1.165, 1.54) is 12.1 Å². The SMILES string of the molecule is CC1CC(OC2C(C)C(CO)OC(CCCCc3ccc(O)c(O)c3)C2O)C(O)C(O)C1O. The predicted molar refractivity (Wildman–Crippen MR) is 119 cm³/mol. The average Bonchev–Trinajstić information content (AvgIpc) is 2.79. The number of aliphatic hydroxyl groups is 5. The second-order valence-electron chi connectivity index (χ2n) is 9.64. The van der Waals surface area contributed by atoms with Crippen molar-refractivity contribution < 1.29 is 45.2 Å². The fourth-order valence-corrected chi connectivity index (χ4v) is 4.96. The average molecular weight is 471 g/mol. The summed E-state index contributed by atoms with van der Waals surface area (Å²) < 4.78 is 12.1. The lowest BCUT2D eigenvalue weighted by molar-refractivity contribution is -0.255. The Balaban J connectivity index is 1.59. The van der Waals surface area contributed by atoms with Crippen molar-refractivity contribution in [3.05, 3.63) is 23.8 Å². The molecular formula is C24H38O9. The van der Waals surface area contributed by atoms with Gasteiger partial charge in [-0.25, -0.2) is 0 Å². The van der Waals surface area contributed by atoms with Gasteiger partial charge in [0.05, 0.1) is 37.1 Å². The van der Waals surface area contributed by atoms with Crippen LogP contribution in [-0.2, 0) is 15.9 Å². The number of hydrogen-bond acceptors (Lipinski definition) is 9. The minimum absolute atomic E-state index is 0.157. The van der Waals surface area contributed by atoms with Crippen LogP contribution in [0.15, 0.2) is 18.2 Å². The Hall–Kier alpha value is -1.46. The number of ether oxygens (including phenoxy) is 2. The quantitative estimate of drug-likeness (QED) is 0.211. The third-order valence-electron chi connectivity index (χ3n) is 7.20. The number of aromatic hydroxyl groups is 2. The minimum Gasteiger partial charge on any atom is -0.504 e. The van der Waals surface area contributed by atoms with E-state index in [1.807, 2.05) is 6.92 Å². The van der Waals surface area contributed by atoms with E-state index in [9.17, 15) is 35.7 Å². The zero-order valence-electron chi connectivity index (χ0n) is 19.2. The van der Waals surface area contributed by atoms with Crippen molar-refractivity contribution in [1.82, 2.24) is 0 Å². The first-order valence-electron chi connectivity index (χ1n) is 11.8. The van der Waals surface area contributed by atoms with Crippen LogP contribution in [0.5, 0.6) is 11.5 Å². The van der Waals surface area contributed by atoms with Crippen molar-refractivity contribution in [3.63, 3.8) is 0 Å². The molecule has 10 unspecified atom stereocenters. The minimum atomic E-state index is -1.32. The molecule has 1 aromatic rings. The normalized spacial score (nSPS) is 39.5. The fourth-order valence-electron chi connectivity index (χ4n) is 4.96. The van der Waals surface area contributed by atoms with Crippen LogP contribution in [0.3, 0.4) is 0 Å². The standard InChI is InChI=1S/C24H38O9/c1-12-9-18(21(29)23(31)20(12)28)33-24-13(2)19(11-25)32-17(22(24)30)6-4-3-5-14-7-8-15(26)16(27)10-14/h7-8,10,12-13,17-31H,3-6,9,11H2,1-2H3. The summed E-state index contributed by atoms with van der Waals surface area (Å²) in [5.74, 6) is -0.931. The molecule has 1 aromatic carbocycles. The van der Waals surface area contributed by atoms with Gasteiger partial charge in [-0.1, -0.05) is 26.3 Å². The van der Waals surface area contributed by atoms with Crippen LogP contribution in [0.25, 0.3) is 0 Å². The summed E-state index contributed by atoms with van der Waals surface area (Å²) >= 11 is 0. The summed E-state index contributed by atoms with van der Waals surface area (Å²) in [6, 6.07) is 4.72. The van der Waals surface area contributed by atoms with Crippen LogP contribution in [-0.4, -0.2) is 91.2 Å². The van der Waals surface area contributed by atoms with Gasteiger partial charge in [0.25, 0.3) is 0 Å². The van der Waals surface area contributed by atoms with Crippen LogP contribution in [0.1, 0.15) is 45.1 Å². The van der Waals surface area contributed by atoms with Gasteiger partial charge < -0.3 is 45.2 Å². The number of unbranched alkanes of at least 4 members (excludes halogenated alkanes) is 1. The lowest BCUT2D eigenvalue weighted by Gasteiger charge is -2.47. The summed E-state index contributed by atoms with van der Waals surface area (Å²) in [6.45, 7) is 3.35. The Morgan fingerprint density at radius 2 is 1.64 bits per heavy atom. The first kappa shape index (κ1) is 26.2. The maximum Gasteiger partial charge on any atom is 0.157 e. The smallest absolute Gasteiger partial charge is 0.157 e. The number of hydrogen-bond donors (Lipinski definition) is 7. The molecule has 2 fully saturated rings. The summed E-state index contributed by atoms with van der Waals surface area (Å²) in [5.41, 5.74) is 0.889. The van der Waals surface area contributed by atoms with E-state index in [0.29, 0.717) is 19.3 Å². The highest BCUT2D eigenvalue weighted by Crippen LogP contribution is 2.35. The molecular weight excluding hydrogens is 432 g/mol. The van der Waals surface area contributed by atoms with Crippen LogP contribution >= 0.6 is 0 Å². The van der Waals surface area contributed by atoms with Gasteiger partial charge in [-0.3, -0.25) is 0 Å². The number of benzene rings is 1. The molecule has 9 nitrogen and oxygen atoms in total. The second-order valence-corrected chi connectivity index (χ2v) is 9.64. The first-order valence-corrected chi connectivity index (χ1v) is 11.8. The molecule has 7 N–H and O–H groups in total. The van der Waals surface area contributed by atoms with E-state index < -0.39 is 48.8 Å². The van der Waals surface area contributed by atoms with Gasteiger partial charge in [0.2, 0.25) is 0 Å². The molecule has 188 valence electrons. The zero-order valence-corrected chi connectivity index (χ0v) is 19.2. The van der Waals surface area contributed by atoms with Gasteiger partial charge in [0.1, 0.15) is 18.3 Å². The molecule has 0 bridgehead atoms. The van der Waals surface area contributed by atoms with Crippen molar-refractivity contribution in [2.24, 2.45) is 11.8 Å². The van der Waals surface area contributed by atoms with E-state index in [4.69, 9.17) is 9.47 Å². The highest BCUT2D eigenvalue weighted by Gasteiger charge is 2.48. The molecule has 1 heterocycles. The Morgan fingerprint density at radius 3 is 2.30 bits per heavy atom. The van der Waals surface area contributed by atoms with Gasteiger partial charge in [0.15, 0.2) is 11.5 Å². The van der Waals surface area contributed by atoms with E-state index in [1.54, 1.807) is 13.0 Å². The molecule has 2 aliphatic rings. The second kappa shape index (κ2) is 11.3. The molecule has 0 amide bonds. The Kier molecular flexibility index (Phi) is 8.96. The van der Waals surface area contributed by atoms with Gasteiger partial charge in [-0.05, 0) is 49.3 Å². The van der Waals surface area contributed by atoms with E-state index in [2.05, 4.69) is 0 Å². The molecule has 1 aliphatic heterocycles. The highest BCUT2D eigenvalue weighted by atomic mass is 16.6. The lowest BCUT2D eigenvalue weighted by atomic mass is 9.81. The van der Waals surface area contributed by atoms with Crippen LogP contribution in [0.2, 0.25) is 0 Å². The van der Waals surface area contributed by atoms with Crippen molar-refractivity contribution >= 4 is 0 Å². The fraction of sp³-hybridized carbons (Fsp3) is 0.750. The summed E-state index contributed by atoms with van der Waals surface area (Å²) in [5, 5.41) is 70.4. The molecule has 10 atom stereocenters. The maximum absolute atomic E-state index is 11.0. The van der Waals surface area contributed by atoms with Gasteiger partial charge in [0, 0.05) is 5.92 Å². The molecule has 0 spiro atoms. The third kappa shape index (κ3) is 5.97. The van der Waals surface area contributed by atoms with Crippen molar-refractivity contribution in [1.29, 1.82) is 0 Å². The van der Waals surface area contributed by atoms with Gasteiger partial charge in [-0.2, -0.15) is 0 Å².